The van der Waals surface area contributed by atoms with E-state index in [1.165, 1.54) is 12.5 Å². The van der Waals surface area contributed by atoms with E-state index in [0.29, 0.717) is 5.69 Å². The minimum absolute atomic E-state index is 0.0134. The molecule has 13 heteroatoms. The number of rotatable bonds is 15. The molecule has 0 fully saturated rings. The average molecular weight is 530 g/mol. The van der Waals surface area contributed by atoms with E-state index < -0.39 is 53.8 Å². The number of nitrogens with two attached hydrogens (primary N) is 2. The summed E-state index contributed by atoms with van der Waals surface area (Å²) >= 11 is 0. The molecule has 13 nitrogen and oxygen atoms in total. The van der Waals surface area contributed by atoms with Crippen molar-refractivity contribution in [3.8, 4) is 0 Å². The fraction of sp³-hybridized carbons (Fsp3) is 0.440. The maximum Gasteiger partial charge on any atom is 0.326 e. The predicted octanol–water partition coefficient (Wildman–Crippen LogP) is -1.02. The summed E-state index contributed by atoms with van der Waals surface area (Å²) in [6, 6.07) is 4.36. The maximum absolute atomic E-state index is 13.2. The number of aromatic nitrogens is 2. The monoisotopic (exact) mass is 529 g/mol. The molecule has 9 N–H and O–H groups in total. The molecular weight excluding hydrogens is 494 g/mol. The van der Waals surface area contributed by atoms with Crippen LogP contribution in [0.5, 0.6) is 0 Å². The van der Waals surface area contributed by atoms with Crippen LogP contribution in [-0.2, 0) is 36.8 Å². The standard InChI is InChI=1S/C25H35N7O6/c1-14(2)21(32-22(34)17(26)8-9-20(27)33)24(36)30-18(10-15-6-4-3-5-7-15)23(35)31-19(25(37)38)11-16-12-28-13-29-16/h3-7,12-14,17-19,21H,8-11,26H2,1-2H3,(H2,27,33)(H,28,29)(H,30,36)(H,31,35)(H,32,34)(H,37,38). The van der Waals surface area contributed by atoms with Crippen LogP contribution in [0.4, 0.5) is 0 Å². The van der Waals surface area contributed by atoms with Gasteiger partial charge in [0.2, 0.25) is 23.6 Å². The van der Waals surface area contributed by atoms with Gasteiger partial charge in [-0.1, -0.05) is 44.2 Å². The van der Waals surface area contributed by atoms with Gasteiger partial charge in [0.1, 0.15) is 18.1 Å². The van der Waals surface area contributed by atoms with Crippen LogP contribution in [0, 0.1) is 5.92 Å². The second-order valence-corrected chi connectivity index (χ2v) is 9.27. The average Bonchev–Trinajstić information content (AvgIpc) is 3.38. The lowest BCUT2D eigenvalue weighted by molar-refractivity contribution is -0.142. The van der Waals surface area contributed by atoms with Crippen LogP contribution in [0.15, 0.2) is 42.9 Å². The first-order valence-electron chi connectivity index (χ1n) is 12.2. The molecule has 0 saturated carbocycles. The Balaban J connectivity index is 2.19. The van der Waals surface area contributed by atoms with Crippen LogP contribution >= 0.6 is 0 Å². The maximum atomic E-state index is 13.2. The Morgan fingerprint density at radius 2 is 1.61 bits per heavy atom. The van der Waals surface area contributed by atoms with Crippen LogP contribution in [0.3, 0.4) is 0 Å². The number of imidazole rings is 1. The fourth-order valence-corrected chi connectivity index (χ4v) is 3.63. The van der Waals surface area contributed by atoms with Crippen LogP contribution in [0.1, 0.15) is 37.9 Å². The van der Waals surface area contributed by atoms with Crippen molar-refractivity contribution in [3.05, 3.63) is 54.1 Å². The van der Waals surface area contributed by atoms with Crippen LogP contribution < -0.4 is 27.4 Å². The van der Waals surface area contributed by atoms with Gasteiger partial charge in [-0.3, -0.25) is 19.2 Å². The van der Waals surface area contributed by atoms with E-state index >= 15 is 0 Å². The van der Waals surface area contributed by atoms with E-state index in [9.17, 15) is 29.1 Å². The third-order valence-electron chi connectivity index (χ3n) is 5.79. The molecule has 4 atom stereocenters. The van der Waals surface area contributed by atoms with Gasteiger partial charge in [0.25, 0.3) is 0 Å². The number of nitrogens with zero attached hydrogens (tertiary/aromatic N) is 1. The molecule has 1 aromatic carbocycles. The number of carboxylic acid groups (broad SMARTS) is 1. The third-order valence-corrected chi connectivity index (χ3v) is 5.79. The van der Waals surface area contributed by atoms with Crippen molar-refractivity contribution >= 4 is 29.6 Å². The van der Waals surface area contributed by atoms with Crippen LogP contribution in [-0.4, -0.2) is 68.8 Å². The summed E-state index contributed by atoms with van der Waals surface area (Å²) in [6.07, 6.45) is 2.81. The molecule has 0 spiro atoms. The Morgan fingerprint density at radius 1 is 0.947 bits per heavy atom. The SMILES string of the molecule is CC(C)C(NC(=O)C(N)CCC(N)=O)C(=O)NC(Cc1ccccc1)C(=O)NC(Cc1cnc[nH]1)C(=O)O. The smallest absolute Gasteiger partial charge is 0.326 e. The zero-order valence-electron chi connectivity index (χ0n) is 21.3. The molecule has 38 heavy (non-hydrogen) atoms. The molecule has 0 aliphatic heterocycles. The number of aliphatic carboxylic acids is 1. The van der Waals surface area contributed by atoms with Crippen LogP contribution in [0.2, 0.25) is 0 Å². The van der Waals surface area contributed by atoms with E-state index in [1.54, 1.807) is 44.2 Å². The zero-order chi connectivity index (χ0) is 28.2. The van der Waals surface area contributed by atoms with Gasteiger partial charge in [-0.2, -0.15) is 0 Å². The van der Waals surface area contributed by atoms with E-state index in [1.807, 2.05) is 0 Å². The van der Waals surface area contributed by atoms with Gasteiger partial charge in [0.05, 0.1) is 12.4 Å². The number of primary amides is 1. The number of carboxylic acids is 1. The Hall–Kier alpha value is -4.26. The first-order valence-corrected chi connectivity index (χ1v) is 12.2. The number of H-pyrrole nitrogens is 1. The number of carbonyl (C=O) groups is 5. The molecule has 0 bridgehead atoms. The summed E-state index contributed by atoms with van der Waals surface area (Å²) in [5.74, 6) is -4.24. The second kappa shape index (κ2) is 14.5. The van der Waals surface area contributed by atoms with E-state index in [-0.39, 0.29) is 31.6 Å². The van der Waals surface area contributed by atoms with Gasteiger partial charge in [0, 0.05) is 31.2 Å². The highest BCUT2D eigenvalue weighted by molar-refractivity contribution is 5.94. The first-order chi connectivity index (χ1) is 18.0. The highest BCUT2D eigenvalue weighted by Gasteiger charge is 2.32. The van der Waals surface area contributed by atoms with E-state index in [0.717, 1.165) is 5.56 Å². The predicted molar refractivity (Wildman–Crippen MR) is 137 cm³/mol. The Kier molecular flexibility index (Phi) is 11.4. The molecule has 4 unspecified atom stereocenters. The third kappa shape index (κ3) is 9.65. The van der Waals surface area contributed by atoms with Crippen molar-refractivity contribution in [3.63, 3.8) is 0 Å². The lowest BCUT2D eigenvalue weighted by Gasteiger charge is -2.27. The molecular formula is C25H35N7O6. The summed E-state index contributed by atoms with van der Waals surface area (Å²) in [6.45, 7) is 3.41. The fourth-order valence-electron chi connectivity index (χ4n) is 3.63. The van der Waals surface area contributed by atoms with Gasteiger partial charge >= 0.3 is 5.97 Å². The van der Waals surface area contributed by atoms with E-state index in [2.05, 4.69) is 25.9 Å². The Bertz CT molecular complexity index is 1090. The summed E-state index contributed by atoms with van der Waals surface area (Å²) < 4.78 is 0. The molecule has 1 heterocycles. The van der Waals surface area contributed by atoms with Crippen molar-refractivity contribution in [1.29, 1.82) is 0 Å². The molecule has 2 aromatic rings. The molecule has 0 radical (unpaired) electrons. The largest absolute Gasteiger partial charge is 0.480 e. The highest BCUT2D eigenvalue weighted by atomic mass is 16.4. The van der Waals surface area contributed by atoms with Crippen molar-refractivity contribution in [2.75, 3.05) is 0 Å². The van der Waals surface area contributed by atoms with Crippen molar-refractivity contribution in [1.82, 2.24) is 25.9 Å². The summed E-state index contributed by atoms with van der Waals surface area (Å²) in [7, 11) is 0. The quantitative estimate of drug-likeness (QED) is 0.151. The molecule has 0 saturated heterocycles. The number of hydrogen-bond donors (Lipinski definition) is 7. The molecule has 1 aromatic heterocycles. The van der Waals surface area contributed by atoms with Gasteiger partial charge in [-0.05, 0) is 17.9 Å². The number of hydrogen-bond acceptors (Lipinski definition) is 7. The molecule has 0 aliphatic rings. The Labute approximate surface area is 220 Å². The van der Waals surface area contributed by atoms with Crippen LogP contribution in [0.25, 0.3) is 0 Å². The highest BCUT2D eigenvalue weighted by Crippen LogP contribution is 2.09. The topological polar surface area (TPSA) is 222 Å². The molecule has 2 rings (SSSR count). The number of amides is 4. The van der Waals surface area contributed by atoms with Gasteiger partial charge in [-0.15, -0.1) is 0 Å². The summed E-state index contributed by atoms with van der Waals surface area (Å²) in [5.41, 5.74) is 12.2. The number of benzene rings is 1. The van der Waals surface area contributed by atoms with Gasteiger partial charge in [0.15, 0.2) is 0 Å². The van der Waals surface area contributed by atoms with Crippen molar-refractivity contribution in [2.45, 2.75) is 63.7 Å². The first kappa shape index (κ1) is 30.0. The summed E-state index contributed by atoms with van der Waals surface area (Å²) in [5, 5.41) is 17.3. The second-order valence-electron chi connectivity index (χ2n) is 9.27. The normalized spacial score (nSPS) is 14.1. The summed E-state index contributed by atoms with van der Waals surface area (Å²) in [4.78, 5) is 68.5. The lowest BCUT2D eigenvalue weighted by atomic mass is 10.00. The molecule has 4 amide bonds. The number of carbonyl (C=O) groups excluding carboxylic acids is 4. The number of aromatic amines is 1. The molecule has 206 valence electrons. The lowest BCUT2D eigenvalue weighted by Crippen LogP contribution is -2.59. The minimum atomic E-state index is -1.28. The zero-order valence-corrected chi connectivity index (χ0v) is 21.3. The molecule has 0 aliphatic carbocycles. The minimum Gasteiger partial charge on any atom is -0.480 e. The van der Waals surface area contributed by atoms with Gasteiger partial charge in [-0.25, -0.2) is 9.78 Å². The van der Waals surface area contributed by atoms with E-state index in [4.69, 9.17) is 11.5 Å². The Morgan fingerprint density at radius 3 is 2.16 bits per heavy atom. The number of nitrogens with one attached hydrogen (secondary N) is 4. The van der Waals surface area contributed by atoms with Crippen molar-refractivity contribution < 1.29 is 29.1 Å². The van der Waals surface area contributed by atoms with Gasteiger partial charge < -0.3 is 37.5 Å². The van der Waals surface area contributed by atoms with Crippen molar-refractivity contribution in [2.24, 2.45) is 17.4 Å².